The van der Waals surface area contributed by atoms with Crippen LogP contribution in [-0.4, -0.2) is 11.8 Å². The number of carbonyl (C=O) groups excluding carboxylic acids is 1. The Bertz CT molecular complexity index is 382. The van der Waals surface area contributed by atoms with Crippen molar-refractivity contribution in [1.29, 1.82) is 0 Å². The lowest BCUT2D eigenvalue weighted by molar-refractivity contribution is 0.0961. The van der Waals surface area contributed by atoms with Crippen molar-refractivity contribution >= 4 is 5.78 Å². The Morgan fingerprint density at radius 2 is 2.20 bits per heavy atom. The van der Waals surface area contributed by atoms with E-state index in [1.54, 1.807) is 6.08 Å². The van der Waals surface area contributed by atoms with Gasteiger partial charge in [0.15, 0.2) is 5.78 Å². The number of rotatable bonds is 4. The van der Waals surface area contributed by atoms with E-state index < -0.39 is 6.04 Å². The van der Waals surface area contributed by atoms with Gasteiger partial charge in [-0.15, -0.1) is 6.58 Å². The first kappa shape index (κ1) is 11.7. The van der Waals surface area contributed by atoms with Crippen LogP contribution in [0.25, 0.3) is 0 Å². The number of ketones is 1. The first-order chi connectivity index (χ1) is 7.06. The van der Waals surface area contributed by atoms with Gasteiger partial charge in [-0.2, -0.15) is 0 Å². The van der Waals surface area contributed by atoms with Crippen LogP contribution in [0, 0.1) is 13.8 Å². The normalized spacial score (nSPS) is 12.2. The second-order valence-electron chi connectivity index (χ2n) is 3.81. The summed E-state index contributed by atoms with van der Waals surface area (Å²) in [5, 5.41) is 0. The number of nitrogens with two attached hydrogens (primary N) is 1. The van der Waals surface area contributed by atoms with E-state index in [1.165, 1.54) is 0 Å². The number of hydrogen-bond acceptors (Lipinski definition) is 2. The van der Waals surface area contributed by atoms with Crippen molar-refractivity contribution in [1.82, 2.24) is 0 Å². The van der Waals surface area contributed by atoms with Gasteiger partial charge in [-0.05, 0) is 31.9 Å². The van der Waals surface area contributed by atoms with Gasteiger partial charge < -0.3 is 5.73 Å². The highest BCUT2D eigenvalue weighted by Gasteiger charge is 2.16. The van der Waals surface area contributed by atoms with Crippen molar-refractivity contribution in [2.75, 3.05) is 0 Å². The van der Waals surface area contributed by atoms with Crippen LogP contribution >= 0.6 is 0 Å². The van der Waals surface area contributed by atoms with Crippen LogP contribution in [0.15, 0.2) is 30.9 Å². The largest absolute Gasteiger partial charge is 0.321 e. The molecule has 0 saturated carbocycles. The molecule has 0 aliphatic heterocycles. The van der Waals surface area contributed by atoms with Crippen LogP contribution in [0.5, 0.6) is 0 Å². The predicted molar refractivity (Wildman–Crippen MR) is 63.0 cm³/mol. The minimum absolute atomic E-state index is 0.00361. The van der Waals surface area contributed by atoms with Crippen LogP contribution in [0.4, 0.5) is 0 Å². The molecule has 2 heteroatoms. The van der Waals surface area contributed by atoms with Gasteiger partial charge >= 0.3 is 0 Å². The van der Waals surface area contributed by atoms with Crippen molar-refractivity contribution < 1.29 is 4.79 Å². The van der Waals surface area contributed by atoms with E-state index in [4.69, 9.17) is 5.73 Å². The average molecular weight is 203 g/mol. The maximum atomic E-state index is 11.9. The molecule has 0 aromatic heterocycles. The molecular formula is C13H17NO. The Hall–Kier alpha value is -1.41. The Balaban J connectivity index is 2.99. The summed E-state index contributed by atoms with van der Waals surface area (Å²) < 4.78 is 0. The molecule has 1 unspecified atom stereocenters. The minimum Gasteiger partial charge on any atom is -0.321 e. The SMILES string of the molecule is C=CCC(N)C(=O)c1cc(C)ccc1C. The van der Waals surface area contributed by atoms with Crippen molar-refractivity contribution in [3.8, 4) is 0 Å². The summed E-state index contributed by atoms with van der Waals surface area (Å²) in [6.07, 6.45) is 2.19. The van der Waals surface area contributed by atoms with Gasteiger partial charge in [0, 0.05) is 5.56 Å². The number of carbonyl (C=O) groups is 1. The highest BCUT2D eigenvalue weighted by Crippen LogP contribution is 2.13. The van der Waals surface area contributed by atoms with Gasteiger partial charge in [0.2, 0.25) is 0 Å². The fraction of sp³-hybridized carbons (Fsp3) is 0.308. The van der Waals surface area contributed by atoms with Gasteiger partial charge in [-0.1, -0.05) is 23.8 Å². The summed E-state index contributed by atoms with van der Waals surface area (Å²) in [7, 11) is 0. The quantitative estimate of drug-likeness (QED) is 0.603. The van der Waals surface area contributed by atoms with Crippen LogP contribution in [-0.2, 0) is 0 Å². The number of aryl methyl sites for hydroxylation is 2. The van der Waals surface area contributed by atoms with E-state index in [0.29, 0.717) is 6.42 Å². The molecule has 0 fully saturated rings. The molecule has 0 aliphatic rings. The van der Waals surface area contributed by atoms with Crippen LogP contribution < -0.4 is 5.73 Å². The highest BCUT2D eigenvalue weighted by molar-refractivity contribution is 6.01. The van der Waals surface area contributed by atoms with E-state index in [2.05, 4.69) is 6.58 Å². The zero-order valence-corrected chi connectivity index (χ0v) is 9.29. The Kier molecular flexibility index (Phi) is 3.81. The van der Waals surface area contributed by atoms with Gasteiger partial charge in [-0.25, -0.2) is 0 Å². The third kappa shape index (κ3) is 2.77. The monoisotopic (exact) mass is 203 g/mol. The molecule has 0 saturated heterocycles. The molecule has 0 spiro atoms. The second-order valence-corrected chi connectivity index (χ2v) is 3.81. The molecule has 1 rings (SSSR count). The molecule has 80 valence electrons. The van der Waals surface area contributed by atoms with Gasteiger partial charge in [0.1, 0.15) is 0 Å². The Morgan fingerprint density at radius 3 is 2.80 bits per heavy atom. The molecule has 2 nitrogen and oxygen atoms in total. The molecule has 0 aliphatic carbocycles. The van der Waals surface area contributed by atoms with Crippen molar-refractivity contribution in [3.63, 3.8) is 0 Å². The summed E-state index contributed by atoms with van der Waals surface area (Å²) in [4.78, 5) is 11.9. The third-order valence-corrected chi connectivity index (χ3v) is 2.42. The fourth-order valence-corrected chi connectivity index (χ4v) is 1.49. The molecule has 2 N–H and O–H groups in total. The lowest BCUT2D eigenvalue weighted by Crippen LogP contribution is -2.30. The van der Waals surface area contributed by atoms with Gasteiger partial charge in [0.05, 0.1) is 6.04 Å². The zero-order valence-electron chi connectivity index (χ0n) is 9.29. The highest BCUT2D eigenvalue weighted by atomic mass is 16.1. The van der Waals surface area contributed by atoms with Crippen molar-refractivity contribution in [3.05, 3.63) is 47.5 Å². The maximum absolute atomic E-state index is 11.9. The fourth-order valence-electron chi connectivity index (χ4n) is 1.49. The van der Waals surface area contributed by atoms with Crippen LogP contribution in [0.2, 0.25) is 0 Å². The standard InChI is InChI=1S/C13H17NO/c1-4-5-12(14)13(15)11-8-9(2)6-7-10(11)3/h4,6-8,12H,1,5,14H2,2-3H3. The molecule has 0 heterocycles. The summed E-state index contributed by atoms with van der Waals surface area (Å²) >= 11 is 0. The van der Waals surface area contributed by atoms with Gasteiger partial charge in [0.25, 0.3) is 0 Å². The first-order valence-corrected chi connectivity index (χ1v) is 5.04. The summed E-state index contributed by atoms with van der Waals surface area (Å²) in [6.45, 7) is 7.48. The smallest absolute Gasteiger partial charge is 0.180 e. The molecule has 0 radical (unpaired) electrons. The van der Waals surface area contributed by atoms with E-state index in [-0.39, 0.29) is 5.78 Å². The average Bonchev–Trinajstić information content (AvgIpc) is 2.21. The predicted octanol–water partition coefficient (Wildman–Crippen LogP) is 2.39. The molecule has 0 bridgehead atoms. The molecular weight excluding hydrogens is 186 g/mol. The van der Waals surface area contributed by atoms with Crippen LogP contribution in [0.3, 0.4) is 0 Å². The topological polar surface area (TPSA) is 43.1 Å². The van der Waals surface area contributed by atoms with E-state index in [0.717, 1.165) is 16.7 Å². The molecule has 15 heavy (non-hydrogen) atoms. The second kappa shape index (κ2) is 4.89. The Morgan fingerprint density at radius 1 is 1.53 bits per heavy atom. The van der Waals surface area contributed by atoms with E-state index in [9.17, 15) is 4.79 Å². The number of Topliss-reactive ketones (excluding diaryl/α,β-unsaturated/α-hetero) is 1. The molecule has 1 aromatic carbocycles. The lowest BCUT2D eigenvalue weighted by Gasteiger charge is -2.11. The van der Waals surface area contributed by atoms with Crippen LogP contribution in [0.1, 0.15) is 27.9 Å². The van der Waals surface area contributed by atoms with E-state index >= 15 is 0 Å². The zero-order chi connectivity index (χ0) is 11.4. The summed E-state index contributed by atoms with van der Waals surface area (Å²) in [5.74, 6) is -0.00361. The maximum Gasteiger partial charge on any atom is 0.180 e. The molecule has 0 amide bonds. The number of hydrogen-bond donors (Lipinski definition) is 1. The summed E-state index contributed by atoms with van der Waals surface area (Å²) in [5.41, 5.74) is 8.54. The first-order valence-electron chi connectivity index (χ1n) is 5.04. The number of benzene rings is 1. The lowest BCUT2D eigenvalue weighted by atomic mass is 9.96. The van der Waals surface area contributed by atoms with Crippen molar-refractivity contribution in [2.24, 2.45) is 5.73 Å². The van der Waals surface area contributed by atoms with Crippen molar-refractivity contribution in [2.45, 2.75) is 26.3 Å². The van der Waals surface area contributed by atoms with Gasteiger partial charge in [-0.3, -0.25) is 4.79 Å². The molecule has 1 atom stereocenters. The minimum atomic E-state index is -0.469. The summed E-state index contributed by atoms with van der Waals surface area (Å²) in [6, 6.07) is 5.36. The van der Waals surface area contributed by atoms with E-state index in [1.807, 2.05) is 32.0 Å². The Labute approximate surface area is 90.8 Å². The molecule has 1 aromatic rings. The third-order valence-electron chi connectivity index (χ3n) is 2.42.